The van der Waals surface area contributed by atoms with E-state index in [1.807, 2.05) is 6.92 Å². The Morgan fingerprint density at radius 3 is 1.61 bits per heavy atom. The fourth-order valence-corrected chi connectivity index (χ4v) is 2.60. The highest BCUT2D eigenvalue weighted by atomic mass is 16.5. The van der Waals surface area contributed by atoms with Gasteiger partial charge >= 0.3 is 5.97 Å². The van der Waals surface area contributed by atoms with Crippen LogP contribution in [0.5, 0.6) is 0 Å². The van der Waals surface area contributed by atoms with Gasteiger partial charge < -0.3 is 9.47 Å². The first-order chi connectivity index (χ1) is 11.3. The van der Waals surface area contributed by atoms with E-state index in [4.69, 9.17) is 9.47 Å². The van der Waals surface area contributed by atoms with Crippen molar-refractivity contribution in [1.29, 1.82) is 0 Å². The Bertz CT molecular complexity index is 241. The van der Waals surface area contributed by atoms with Crippen LogP contribution in [0.4, 0.5) is 0 Å². The van der Waals surface area contributed by atoms with Gasteiger partial charge in [0.25, 0.3) is 0 Å². The van der Waals surface area contributed by atoms with Crippen molar-refractivity contribution in [2.45, 2.75) is 104 Å². The quantitative estimate of drug-likeness (QED) is 0.227. The Balaban J connectivity index is 2.99. The van der Waals surface area contributed by atoms with Crippen molar-refractivity contribution in [2.75, 3.05) is 19.8 Å². The summed E-state index contributed by atoms with van der Waals surface area (Å²) in [7, 11) is 0. The Labute approximate surface area is 144 Å². The number of carbonyl (C=O) groups excluding carboxylic acids is 1. The Morgan fingerprint density at radius 2 is 1.09 bits per heavy atom. The Morgan fingerprint density at radius 1 is 0.609 bits per heavy atom. The minimum absolute atomic E-state index is 0.119. The average Bonchev–Trinajstić information content (AvgIpc) is 2.57. The van der Waals surface area contributed by atoms with Crippen LogP contribution in [0.25, 0.3) is 0 Å². The molecule has 3 heteroatoms. The first kappa shape index (κ1) is 22.4. The zero-order valence-corrected chi connectivity index (χ0v) is 15.7. The molecule has 0 unspecified atom stereocenters. The third-order valence-corrected chi connectivity index (χ3v) is 4.13. The molecule has 0 aliphatic carbocycles. The molecular weight excluding hydrogens is 288 g/mol. The maximum Gasteiger partial charge on any atom is 0.305 e. The molecule has 23 heavy (non-hydrogen) atoms. The van der Waals surface area contributed by atoms with Crippen molar-refractivity contribution in [3.05, 3.63) is 0 Å². The van der Waals surface area contributed by atoms with E-state index < -0.39 is 0 Å². The largest absolute Gasteiger partial charge is 0.466 e. The first-order valence-electron chi connectivity index (χ1n) is 10.0. The topological polar surface area (TPSA) is 35.5 Å². The molecule has 0 spiro atoms. The second-order valence-electron chi connectivity index (χ2n) is 6.43. The normalized spacial score (nSPS) is 10.9. The van der Waals surface area contributed by atoms with E-state index in [0.717, 1.165) is 19.4 Å². The SMILES string of the molecule is CCCCCCCCCCCCCCOCCCOC(=O)CC. The van der Waals surface area contributed by atoms with Crippen LogP contribution in [0.15, 0.2) is 0 Å². The summed E-state index contributed by atoms with van der Waals surface area (Å²) in [6, 6.07) is 0. The van der Waals surface area contributed by atoms with Gasteiger partial charge in [-0.25, -0.2) is 0 Å². The lowest BCUT2D eigenvalue weighted by Gasteiger charge is -2.05. The molecule has 0 aromatic carbocycles. The zero-order valence-electron chi connectivity index (χ0n) is 15.7. The fourth-order valence-electron chi connectivity index (χ4n) is 2.60. The molecule has 0 radical (unpaired) electrons. The van der Waals surface area contributed by atoms with Gasteiger partial charge in [-0.2, -0.15) is 0 Å². The highest BCUT2D eigenvalue weighted by Gasteiger charge is 1.97. The van der Waals surface area contributed by atoms with Crippen molar-refractivity contribution in [3.8, 4) is 0 Å². The molecule has 0 atom stereocenters. The van der Waals surface area contributed by atoms with Gasteiger partial charge in [-0.05, 0) is 6.42 Å². The van der Waals surface area contributed by atoms with Crippen LogP contribution in [0.1, 0.15) is 104 Å². The van der Waals surface area contributed by atoms with E-state index in [2.05, 4.69) is 6.92 Å². The molecule has 0 aromatic rings. The molecule has 0 bridgehead atoms. The molecule has 0 aliphatic rings. The van der Waals surface area contributed by atoms with Crippen molar-refractivity contribution >= 4 is 5.97 Å². The monoisotopic (exact) mass is 328 g/mol. The van der Waals surface area contributed by atoms with Gasteiger partial charge in [-0.3, -0.25) is 4.79 Å². The highest BCUT2D eigenvalue weighted by Crippen LogP contribution is 2.11. The minimum atomic E-state index is -0.119. The number of ether oxygens (including phenoxy) is 2. The molecule has 0 rings (SSSR count). The third-order valence-electron chi connectivity index (χ3n) is 4.13. The molecular formula is C20H40O3. The second kappa shape index (κ2) is 19.5. The fraction of sp³-hybridized carbons (Fsp3) is 0.950. The van der Waals surface area contributed by atoms with E-state index >= 15 is 0 Å². The molecule has 0 saturated heterocycles. The Kier molecular flexibility index (Phi) is 19.0. The smallest absolute Gasteiger partial charge is 0.305 e. The van der Waals surface area contributed by atoms with Gasteiger partial charge in [0.05, 0.1) is 6.61 Å². The summed E-state index contributed by atoms with van der Waals surface area (Å²) in [5.41, 5.74) is 0. The number of hydrogen-bond acceptors (Lipinski definition) is 3. The maximum absolute atomic E-state index is 10.9. The van der Waals surface area contributed by atoms with Gasteiger partial charge in [0.2, 0.25) is 0 Å². The van der Waals surface area contributed by atoms with Crippen molar-refractivity contribution < 1.29 is 14.3 Å². The molecule has 0 saturated carbocycles. The van der Waals surface area contributed by atoms with E-state index in [9.17, 15) is 4.79 Å². The van der Waals surface area contributed by atoms with Crippen molar-refractivity contribution in [3.63, 3.8) is 0 Å². The van der Waals surface area contributed by atoms with Gasteiger partial charge in [0.1, 0.15) is 0 Å². The summed E-state index contributed by atoms with van der Waals surface area (Å²) >= 11 is 0. The molecule has 3 nitrogen and oxygen atoms in total. The summed E-state index contributed by atoms with van der Waals surface area (Å²) in [4.78, 5) is 10.9. The maximum atomic E-state index is 10.9. The van der Waals surface area contributed by atoms with Crippen LogP contribution in [0.3, 0.4) is 0 Å². The van der Waals surface area contributed by atoms with Crippen molar-refractivity contribution in [2.24, 2.45) is 0 Å². The lowest BCUT2D eigenvalue weighted by Crippen LogP contribution is -2.07. The standard InChI is InChI=1S/C20H40O3/c1-3-5-6-7-8-9-10-11-12-13-14-15-17-22-18-16-19-23-20(21)4-2/h3-19H2,1-2H3. The molecule has 0 aliphatic heterocycles. The number of carbonyl (C=O) groups is 1. The van der Waals surface area contributed by atoms with Crippen LogP contribution in [0, 0.1) is 0 Å². The van der Waals surface area contributed by atoms with Crippen LogP contribution in [-0.4, -0.2) is 25.8 Å². The minimum Gasteiger partial charge on any atom is -0.466 e. The Hall–Kier alpha value is -0.570. The van der Waals surface area contributed by atoms with Gasteiger partial charge in [0, 0.05) is 26.1 Å². The third kappa shape index (κ3) is 19.4. The van der Waals surface area contributed by atoms with E-state index in [0.29, 0.717) is 19.6 Å². The summed E-state index contributed by atoms with van der Waals surface area (Å²) in [5.74, 6) is -0.119. The van der Waals surface area contributed by atoms with Gasteiger partial charge in [-0.15, -0.1) is 0 Å². The highest BCUT2D eigenvalue weighted by molar-refractivity contribution is 5.68. The van der Waals surface area contributed by atoms with Crippen LogP contribution >= 0.6 is 0 Å². The molecule has 0 amide bonds. The predicted octanol–water partition coefficient (Wildman–Crippen LogP) is 6.05. The molecule has 0 fully saturated rings. The number of rotatable bonds is 18. The molecule has 138 valence electrons. The number of unbranched alkanes of at least 4 members (excludes halogenated alkanes) is 11. The van der Waals surface area contributed by atoms with E-state index in [1.165, 1.54) is 70.6 Å². The average molecular weight is 329 g/mol. The van der Waals surface area contributed by atoms with Gasteiger partial charge in [-0.1, -0.05) is 84.5 Å². The zero-order chi connectivity index (χ0) is 17.0. The summed E-state index contributed by atoms with van der Waals surface area (Å²) in [5, 5.41) is 0. The lowest BCUT2D eigenvalue weighted by atomic mass is 10.1. The molecule has 0 heterocycles. The van der Waals surface area contributed by atoms with Crippen LogP contribution < -0.4 is 0 Å². The summed E-state index contributed by atoms with van der Waals surface area (Å²) in [6.45, 7) is 6.13. The van der Waals surface area contributed by atoms with Crippen molar-refractivity contribution in [1.82, 2.24) is 0 Å². The van der Waals surface area contributed by atoms with Crippen LogP contribution in [-0.2, 0) is 14.3 Å². The molecule has 0 aromatic heterocycles. The van der Waals surface area contributed by atoms with E-state index in [1.54, 1.807) is 0 Å². The summed E-state index contributed by atoms with van der Waals surface area (Å²) in [6.07, 6.45) is 17.7. The van der Waals surface area contributed by atoms with Crippen LogP contribution in [0.2, 0.25) is 0 Å². The first-order valence-corrected chi connectivity index (χ1v) is 10.0. The predicted molar refractivity (Wildman–Crippen MR) is 97.8 cm³/mol. The molecule has 0 N–H and O–H groups in total. The van der Waals surface area contributed by atoms with Gasteiger partial charge in [0.15, 0.2) is 0 Å². The number of esters is 1. The van der Waals surface area contributed by atoms with E-state index in [-0.39, 0.29) is 5.97 Å². The lowest BCUT2D eigenvalue weighted by molar-refractivity contribution is -0.143. The second-order valence-corrected chi connectivity index (χ2v) is 6.43. The number of hydrogen-bond donors (Lipinski definition) is 0. The summed E-state index contributed by atoms with van der Waals surface area (Å²) < 4.78 is 10.5.